The Morgan fingerprint density at radius 3 is 2.52 bits per heavy atom. The number of aromatic nitrogens is 2. The second-order valence-electron chi connectivity index (χ2n) is 5.76. The van der Waals surface area contributed by atoms with E-state index < -0.39 is 6.36 Å². The second kappa shape index (κ2) is 8.05. The Morgan fingerprint density at radius 1 is 1.00 bits per heavy atom. The zero-order valence-corrected chi connectivity index (χ0v) is 14.1. The van der Waals surface area contributed by atoms with E-state index in [1.54, 1.807) is 12.1 Å². The zero-order valence-electron chi connectivity index (χ0n) is 14.1. The van der Waals surface area contributed by atoms with Crippen LogP contribution in [-0.4, -0.2) is 22.9 Å². The molecular weight excluding hydrogens is 357 g/mol. The summed E-state index contributed by atoms with van der Waals surface area (Å²) in [6.45, 7) is 0.442. The minimum atomic E-state index is -4.75. The first-order chi connectivity index (χ1) is 12.9. The number of nitrogens with two attached hydrogens (primary N) is 1. The minimum Gasteiger partial charge on any atom is -0.406 e. The molecule has 0 spiro atoms. The van der Waals surface area contributed by atoms with Crippen molar-refractivity contribution >= 4 is 5.82 Å². The first kappa shape index (κ1) is 18.7. The number of rotatable bonds is 6. The lowest BCUT2D eigenvalue weighted by molar-refractivity contribution is -0.274. The lowest BCUT2D eigenvalue weighted by atomic mass is 10.1. The Hall–Kier alpha value is -3.13. The van der Waals surface area contributed by atoms with E-state index in [1.165, 1.54) is 24.5 Å². The first-order valence-corrected chi connectivity index (χ1v) is 8.13. The summed E-state index contributed by atoms with van der Waals surface area (Å²) in [6, 6.07) is 16.6. The molecule has 27 heavy (non-hydrogen) atoms. The molecule has 0 bridgehead atoms. The summed E-state index contributed by atoms with van der Waals surface area (Å²) >= 11 is 0. The van der Waals surface area contributed by atoms with Gasteiger partial charge in [0.2, 0.25) is 0 Å². The molecule has 5 nitrogen and oxygen atoms in total. The third kappa shape index (κ3) is 5.42. The normalized spacial score (nSPS) is 12.4. The molecule has 1 heterocycles. The maximum absolute atomic E-state index is 12.4. The fourth-order valence-corrected chi connectivity index (χ4v) is 2.50. The SMILES string of the molecule is N[C@@H](CNc1cc(-c2cccc(OC(F)(F)F)c2)ncn1)c1ccccc1. The Balaban J connectivity index is 1.71. The summed E-state index contributed by atoms with van der Waals surface area (Å²) < 4.78 is 41.1. The molecular formula is C19H17F3N4O. The Bertz CT molecular complexity index is 887. The van der Waals surface area contributed by atoms with Crippen molar-refractivity contribution in [2.45, 2.75) is 12.4 Å². The maximum atomic E-state index is 12.4. The number of anilines is 1. The fourth-order valence-electron chi connectivity index (χ4n) is 2.50. The zero-order chi connectivity index (χ0) is 19.3. The van der Waals surface area contributed by atoms with Crippen molar-refractivity contribution in [2.75, 3.05) is 11.9 Å². The average Bonchev–Trinajstić information content (AvgIpc) is 2.66. The van der Waals surface area contributed by atoms with Crippen LogP contribution >= 0.6 is 0 Å². The van der Waals surface area contributed by atoms with Gasteiger partial charge in [0.25, 0.3) is 0 Å². The summed E-state index contributed by atoms with van der Waals surface area (Å²) in [7, 11) is 0. The van der Waals surface area contributed by atoms with Crippen molar-refractivity contribution in [2.24, 2.45) is 5.73 Å². The van der Waals surface area contributed by atoms with Gasteiger partial charge in [0.05, 0.1) is 5.69 Å². The number of nitrogens with one attached hydrogen (secondary N) is 1. The topological polar surface area (TPSA) is 73.1 Å². The number of alkyl halides is 3. The predicted octanol–water partition coefficient (Wildman–Crippen LogP) is 4.15. The molecule has 0 radical (unpaired) electrons. The van der Waals surface area contributed by atoms with Crippen LogP contribution in [0, 0.1) is 0 Å². The van der Waals surface area contributed by atoms with E-state index in [1.807, 2.05) is 30.3 Å². The quantitative estimate of drug-likeness (QED) is 0.678. The van der Waals surface area contributed by atoms with Gasteiger partial charge < -0.3 is 15.8 Å². The van der Waals surface area contributed by atoms with Gasteiger partial charge in [-0.2, -0.15) is 0 Å². The van der Waals surface area contributed by atoms with Gasteiger partial charge >= 0.3 is 6.36 Å². The van der Waals surface area contributed by atoms with Crippen molar-refractivity contribution in [1.82, 2.24) is 9.97 Å². The average molecular weight is 374 g/mol. The molecule has 0 unspecified atom stereocenters. The van der Waals surface area contributed by atoms with Gasteiger partial charge in [0.15, 0.2) is 0 Å². The van der Waals surface area contributed by atoms with Gasteiger partial charge in [0, 0.05) is 24.2 Å². The minimum absolute atomic E-state index is 0.229. The van der Waals surface area contributed by atoms with Crippen molar-refractivity contribution < 1.29 is 17.9 Å². The number of ether oxygens (including phenoxy) is 1. The molecule has 1 atom stereocenters. The maximum Gasteiger partial charge on any atom is 0.573 e. The third-order valence-corrected chi connectivity index (χ3v) is 3.76. The van der Waals surface area contributed by atoms with Gasteiger partial charge in [-0.3, -0.25) is 0 Å². The molecule has 0 saturated heterocycles. The molecule has 0 aliphatic rings. The van der Waals surface area contributed by atoms with E-state index >= 15 is 0 Å². The van der Waals surface area contributed by atoms with Crippen LogP contribution in [0.25, 0.3) is 11.3 Å². The van der Waals surface area contributed by atoms with Gasteiger partial charge in [-0.15, -0.1) is 13.2 Å². The fraction of sp³-hybridized carbons (Fsp3) is 0.158. The first-order valence-electron chi connectivity index (χ1n) is 8.13. The number of hydrogen-bond donors (Lipinski definition) is 2. The van der Waals surface area contributed by atoms with Crippen molar-refractivity contribution in [1.29, 1.82) is 0 Å². The van der Waals surface area contributed by atoms with Crippen LogP contribution in [0.5, 0.6) is 5.75 Å². The van der Waals surface area contributed by atoms with E-state index in [4.69, 9.17) is 5.73 Å². The number of hydrogen-bond acceptors (Lipinski definition) is 5. The molecule has 0 amide bonds. The molecule has 3 aromatic rings. The third-order valence-electron chi connectivity index (χ3n) is 3.76. The summed E-state index contributed by atoms with van der Waals surface area (Å²) in [5, 5.41) is 3.12. The van der Waals surface area contributed by atoms with Crippen LogP contribution in [0.1, 0.15) is 11.6 Å². The molecule has 140 valence electrons. The van der Waals surface area contributed by atoms with Crippen LogP contribution in [-0.2, 0) is 0 Å². The summed E-state index contributed by atoms with van der Waals surface area (Å²) in [5.74, 6) is 0.216. The summed E-state index contributed by atoms with van der Waals surface area (Å²) in [6.07, 6.45) is -3.41. The summed E-state index contributed by atoms with van der Waals surface area (Å²) in [4.78, 5) is 8.24. The monoisotopic (exact) mass is 374 g/mol. The summed E-state index contributed by atoms with van der Waals surface area (Å²) in [5.41, 5.74) is 8.07. The molecule has 8 heteroatoms. The number of benzene rings is 2. The molecule has 0 aliphatic heterocycles. The number of halogens is 3. The van der Waals surface area contributed by atoms with E-state index in [0.29, 0.717) is 23.6 Å². The van der Waals surface area contributed by atoms with Crippen LogP contribution < -0.4 is 15.8 Å². The standard InChI is InChI=1S/C19H17F3N4O/c20-19(21,22)27-15-8-4-7-14(9-15)17-10-18(26-12-25-17)24-11-16(23)13-5-2-1-3-6-13/h1-10,12,16H,11,23H2,(H,24,25,26)/t16-/m0/s1. The van der Waals surface area contributed by atoms with E-state index in [9.17, 15) is 13.2 Å². The highest BCUT2D eigenvalue weighted by Gasteiger charge is 2.31. The lowest BCUT2D eigenvalue weighted by Gasteiger charge is -2.14. The second-order valence-corrected chi connectivity index (χ2v) is 5.76. The molecule has 0 saturated carbocycles. The molecule has 0 fully saturated rings. The Morgan fingerprint density at radius 2 is 1.78 bits per heavy atom. The van der Waals surface area contributed by atoms with E-state index in [-0.39, 0.29) is 11.8 Å². The molecule has 3 N–H and O–H groups in total. The van der Waals surface area contributed by atoms with Crippen LogP contribution in [0.2, 0.25) is 0 Å². The van der Waals surface area contributed by atoms with Crippen molar-refractivity contribution in [3.63, 3.8) is 0 Å². The molecule has 2 aromatic carbocycles. The van der Waals surface area contributed by atoms with Crippen molar-refractivity contribution in [3.05, 3.63) is 72.6 Å². The van der Waals surface area contributed by atoms with Crippen LogP contribution in [0.4, 0.5) is 19.0 Å². The van der Waals surface area contributed by atoms with Crippen LogP contribution in [0.15, 0.2) is 67.0 Å². The Kier molecular flexibility index (Phi) is 5.56. The largest absolute Gasteiger partial charge is 0.573 e. The molecule has 1 aromatic heterocycles. The predicted molar refractivity (Wildman–Crippen MR) is 96.0 cm³/mol. The molecule has 0 aliphatic carbocycles. The highest BCUT2D eigenvalue weighted by Crippen LogP contribution is 2.27. The van der Waals surface area contributed by atoms with Gasteiger partial charge in [0.1, 0.15) is 17.9 Å². The number of nitrogens with zero attached hydrogens (tertiary/aromatic N) is 2. The van der Waals surface area contributed by atoms with Crippen molar-refractivity contribution in [3.8, 4) is 17.0 Å². The smallest absolute Gasteiger partial charge is 0.406 e. The molecule has 3 rings (SSSR count). The van der Waals surface area contributed by atoms with Gasteiger partial charge in [-0.1, -0.05) is 42.5 Å². The Labute approximate surface area is 154 Å². The highest BCUT2D eigenvalue weighted by molar-refractivity contribution is 5.63. The van der Waals surface area contributed by atoms with Crippen LogP contribution in [0.3, 0.4) is 0 Å². The van der Waals surface area contributed by atoms with E-state index in [0.717, 1.165) is 5.56 Å². The van der Waals surface area contributed by atoms with Gasteiger partial charge in [-0.05, 0) is 17.7 Å². The highest BCUT2D eigenvalue weighted by atomic mass is 19.4. The lowest BCUT2D eigenvalue weighted by Crippen LogP contribution is -2.20. The van der Waals surface area contributed by atoms with Gasteiger partial charge in [-0.25, -0.2) is 9.97 Å². The van der Waals surface area contributed by atoms with E-state index in [2.05, 4.69) is 20.0 Å².